The fraction of sp³-hybridized carbons (Fsp3) is 0.235. The van der Waals surface area contributed by atoms with Crippen molar-refractivity contribution < 1.29 is 9.90 Å². The molecule has 2 aromatic carbocycles. The fourth-order valence-corrected chi connectivity index (χ4v) is 3.01. The third kappa shape index (κ3) is 4.14. The lowest BCUT2D eigenvalue weighted by atomic mass is 10.1. The topological polar surface area (TPSA) is 37.3 Å². The van der Waals surface area contributed by atoms with Gasteiger partial charge in [0.05, 0.1) is 0 Å². The van der Waals surface area contributed by atoms with E-state index < -0.39 is 11.2 Å². The van der Waals surface area contributed by atoms with Gasteiger partial charge in [0.25, 0.3) is 0 Å². The number of aliphatic carboxylic acids is 1. The van der Waals surface area contributed by atoms with Crippen molar-refractivity contribution in [1.82, 2.24) is 0 Å². The van der Waals surface area contributed by atoms with Crippen molar-refractivity contribution in [2.24, 2.45) is 0 Å². The highest BCUT2D eigenvalue weighted by Gasteiger charge is 2.19. The number of thioether (sulfide) groups is 1. The van der Waals surface area contributed by atoms with E-state index in [1.54, 1.807) is 0 Å². The summed E-state index contributed by atoms with van der Waals surface area (Å²) in [6.07, 6.45) is 0.537. The van der Waals surface area contributed by atoms with Crippen molar-refractivity contribution in [2.75, 3.05) is 0 Å². The van der Waals surface area contributed by atoms with Gasteiger partial charge in [-0.2, -0.15) is 0 Å². The lowest BCUT2D eigenvalue weighted by Gasteiger charge is -2.12. The maximum Gasteiger partial charge on any atom is 0.317 e. The minimum atomic E-state index is -0.767. The molecule has 0 bridgehead atoms. The van der Waals surface area contributed by atoms with Crippen LogP contribution in [0.4, 0.5) is 0 Å². The molecule has 0 saturated heterocycles. The van der Waals surface area contributed by atoms with Crippen molar-refractivity contribution >= 4 is 17.7 Å². The summed E-state index contributed by atoms with van der Waals surface area (Å²) >= 11 is 1.41. The number of hydrogen-bond acceptors (Lipinski definition) is 2. The SMILES string of the molecule is Cc1ccc(SC(Cc2cccc(C)c2)C(=O)O)cc1. The number of benzene rings is 2. The quantitative estimate of drug-likeness (QED) is 0.841. The average Bonchev–Trinajstić information content (AvgIpc) is 2.40. The first-order valence-electron chi connectivity index (χ1n) is 6.56. The molecule has 2 nitrogen and oxygen atoms in total. The normalized spacial score (nSPS) is 12.1. The molecule has 0 spiro atoms. The van der Waals surface area contributed by atoms with Gasteiger partial charge in [0.1, 0.15) is 5.25 Å². The van der Waals surface area contributed by atoms with Crippen LogP contribution in [-0.2, 0) is 11.2 Å². The molecule has 0 aromatic heterocycles. The van der Waals surface area contributed by atoms with Crippen LogP contribution in [0, 0.1) is 13.8 Å². The van der Waals surface area contributed by atoms with E-state index >= 15 is 0 Å². The third-order valence-electron chi connectivity index (χ3n) is 3.08. The molecule has 0 heterocycles. The molecule has 0 amide bonds. The van der Waals surface area contributed by atoms with Gasteiger partial charge in [-0.05, 0) is 38.0 Å². The van der Waals surface area contributed by atoms with Gasteiger partial charge in [-0.1, -0.05) is 47.5 Å². The first kappa shape index (κ1) is 14.7. The maximum atomic E-state index is 11.4. The lowest BCUT2D eigenvalue weighted by Crippen LogP contribution is -2.19. The predicted molar refractivity (Wildman–Crippen MR) is 83.3 cm³/mol. The second-order valence-electron chi connectivity index (χ2n) is 4.95. The molecule has 1 unspecified atom stereocenters. The number of carboxylic acid groups (broad SMARTS) is 1. The Balaban J connectivity index is 2.11. The molecule has 0 aliphatic rings. The first-order chi connectivity index (χ1) is 9.54. The van der Waals surface area contributed by atoms with E-state index in [0.29, 0.717) is 6.42 Å². The van der Waals surface area contributed by atoms with E-state index in [1.807, 2.05) is 62.4 Å². The molecule has 1 N–H and O–H groups in total. The molecule has 0 radical (unpaired) electrons. The second-order valence-corrected chi connectivity index (χ2v) is 6.23. The Morgan fingerprint density at radius 3 is 2.40 bits per heavy atom. The molecule has 0 saturated carbocycles. The van der Waals surface area contributed by atoms with E-state index in [-0.39, 0.29) is 0 Å². The molecule has 104 valence electrons. The van der Waals surface area contributed by atoms with E-state index in [0.717, 1.165) is 16.0 Å². The van der Waals surface area contributed by atoms with Gasteiger partial charge in [-0.3, -0.25) is 4.79 Å². The smallest absolute Gasteiger partial charge is 0.317 e. The van der Waals surface area contributed by atoms with Crippen LogP contribution < -0.4 is 0 Å². The number of hydrogen-bond donors (Lipinski definition) is 1. The van der Waals surface area contributed by atoms with Crippen molar-refractivity contribution in [1.29, 1.82) is 0 Å². The zero-order chi connectivity index (χ0) is 14.5. The highest BCUT2D eigenvalue weighted by atomic mass is 32.2. The summed E-state index contributed by atoms with van der Waals surface area (Å²) in [7, 11) is 0. The van der Waals surface area contributed by atoms with Gasteiger partial charge < -0.3 is 5.11 Å². The first-order valence-corrected chi connectivity index (χ1v) is 7.44. The summed E-state index contributed by atoms with van der Waals surface area (Å²) < 4.78 is 0. The molecule has 3 heteroatoms. The largest absolute Gasteiger partial charge is 0.480 e. The van der Waals surface area contributed by atoms with E-state index in [1.165, 1.54) is 17.3 Å². The molecule has 2 aromatic rings. The Labute approximate surface area is 123 Å². The number of carbonyl (C=O) groups is 1. The minimum Gasteiger partial charge on any atom is -0.480 e. The molecule has 0 aliphatic carbocycles. The van der Waals surface area contributed by atoms with Crippen LogP contribution in [0.15, 0.2) is 53.4 Å². The minimum absolute atomic E-state index is 0.459. The Morgan fingerprint density at radius 1 is 1.10 bits per heavy atom. The lowest BCUT2D eigenvalue weighted by molar-refractivity contribution is -0.136. The van der Waals surface area contributed by atoms with Crippen LogP contribution in [0.2, 0.25) is 0 Å². The highest BCUT2D eigenvalue weighted by Crippen LogP contribution is 2.26. The summed E-state index contributed by atoms with van der Waals surface area (Å²) in [5.41, 5.74) is 3.41. The number of carboxylic acids is 1. The van der Waals surface area contributed by atoms with E-state index in [2.05, 4.69) is 0 Å². The fourth-order valence-electron chi connectivity index (χ4n) is 2.01. The molecular weight excluding hydrogens is 268 g/mol. The number of aryl methyl sites for hydroxylation is 2. The van der Waals surface area contributed by atoms with Crippen molar-refractivity contribution in [3.05, 3.63) is 65.2 Å². The predicted octanol–water partition coefficient (Wildman–Crippen LogP) is 4.09. The summed E-state index contributed by atoms with van der Waals surface area (Å²) in [6.45, 7) is 4.04. The summed E-state index contributed by atoms with van der Waals surface area (Å²) in [4.78, 5) is 12.4. The molecule has 20 heavy (non-hydrogen) atoms. The molecule has 2 rings (SSSR count). The Kier molecular flexibility index (Phi) is 4.85. The zero-order valence-corrected chi connectivity index (χ0v) is 12.5. The monoisotopic (exact) mass is 286 g/mol. The van der Waals surface area contributed by atoms with Crippen LogP contribution in [0.3, 0.4) is 0 Å². The van der Waals surface area contributed by atoms with Crippen LogP contribution in [0.5, 0.6) is 0 Å². The molecular formula is C17H18O2S. The van der Waals surface area contributed by atoms with Gasteiger partial charge in [-0.15, -0.1) is 11.8 Å². The summed E-state index contributed by atoms with van der Waals surface area (Å²) in [6, 6.07) is 16.0. The van der Waals surface area contributed by atoms with Gasteiger partial charge in [-0.25, -0.2) is 0 Å². The third-order valence-corrected chi connectivity index (χ3v) is 4.28. The summed E-state index contributed by atoms with van der Waals surface area (Å²) in [5, 5.41) is 8.94. The Hall–Kier alpha value is -1.74. The van der Waals surface area contributed by atoms with Gasteiger partial charge in [0, 0.05) is 4.90 Å². The van der Waals surface area contributed by atoms with E-state index in [4.69, 9.17) is 0 Å². The van der Waals surface area contributed by atoms with Gasteiger partial charge >= 0.3 is 5.97 Å². The van der Waals surface area contributed by atoms with Crippen LogP contribution in [-0.4, -0.2) is 16.3 Å². The standard InChI is InChI=1S/C17H18O2S/c1-12-6-8-15(9-7-12)20-16(17(18)19)11-14-5-3-4-13(2)10-14/h3-10,16H,11H2,1-2H3,(H,18,19). The van der Waals surface area contributed by atoms with Crippen LogP contribution in [0.1, 0.15) is 16.7 Å². The van der Waals surface area contributed by atoms with Crippen LogP contribution >= 0.6 is 11.8 Å². The summed E-state index contributed by atoms with van der Waals surface area (Å²) in [5.74, 6) is -0.767. The number of rotatable bonds is 5. The van der Waals surface area contributed by atoms with Crippen molar-refractivity contribution in [2.45, 2.75) is 30.4 Å². The second kappa shape index (κ2) is 6.62. The van der Waals surface area contributed by atoms with Crippen molar-refractivity contribution in [3.63, 3.8) is 0 Å². The Morgan fingerprint density at radius 2 is 1.80 bits per heavy atom. The highest BCUT2D eigenvalue weighted by molar-refractivity contribution is 8.00. The van der Waals surface area contributed by atoms with E-state index in [9.17, 15) is 9.90 Å². The molecule has 1 atom stereocenters. The van der Waals surface area contributed by atoms with Gasteiger partial charge in [0.2, 0.25) is 0 Å². The van der Waals surface area contributed by atoms with Gasteiger partial charge in [0.15, 0.2) is 0 Å². The zero-order valence-electron chi connectivity index (χ0n) is 11.7. The average molecular weight is 286 g/mol. The van der Waals surface area contributed by atoms with Crippen LogP contribution in [0.25, 0.3) is 0 Å². The maximum absolute atomic E-state index is 11.4. The Bertz CT molecular complexity index is 590. The molecule has 0 aliphatic heterocycles. The van der Waals surface area contributed by atoms with Crippen molar-refractivity contribution in [3.8, 4) is 0 Å². The molecule has 0 fully saturated rings.